The van der Waals surface area contributed by atoms with Crippen molar-refractivity contribution in [2.75, 3.05) is 5.73 Å². The summed E-state index contributed by atoms with van der Waals surface area (Å²) in [6, 6.07) is 9.49. The molecular formula is C13H11N3O2. The molecule has 0 saturated carbocycles. The van der Waals surface area contributed by atoms with E-state index >= 15 is 0 Å². The number of oxazole rings is 1. The van der Waals surface area contributed by atoms with Crippen molar-refractivity contribution in [1.29, 1.82) is 0 Å². The van der Waals surface area contributed by atoms with E-state index in [-0.39, 0.29) is 5.71 Å². The number of anilines is 1. The minimum atomic E-state index is -0.529. The summed E-state index contributed by atoms with van der Waals surface area (Å²) in [5.41, 5.74) is 9.87. The number of nitrogens with zero attached hydrogens (tertiary/aromatic N) is 1. The van der Waals surface area contributed by atoms with Crippen LogP contribution in [0, 0.1) is 6.92 Å². The minimum absolute atomic E-state index is 0.269. The van der Waals surface area contributed by atoms with Gasteiger partial charge in [-0.3, -0.25) is 4.98 Å². The zero-order chi connectivity index (χ0) is 12.7. The van der Waals surface area contributed by atoms with E-state index in [1.54, 1.807) is 6.07 Å². The van der Waals surface area contributed by atoms with Crippen molar-refractivity contribution in [2.45, 2.75) is 6.92 Å². The normalized spacial score (nSPS) is 10.9. The fourth-order valence-corrected chi connectivity index (χ4v) is 1.93. The van der Waals surface area contributed by atoms with Gasteiger partial charge in [-0.2, -0.15) is 0 Å². The summed E-state index contributed by atoms with van der Waals surface area (Å²) >= 11 is 0. The highest BCUT2D eigenvalue weighted by Gasteiger charge is 2.10. The lowest BCUT2D eigenvalue weighted by molar-refractivity contribution is 0.546. The third-order valence-corrected chi connectivity index (χ3v) is 2.73. The zero-order valence-corrected chi connectivity index (χ0v) is 9.73. The molecule has 2 aromatic heterocycles. The van der Waals surface area contributed by atoms with Crippen LogP contribution in [0.2, 0.25) is 0 Å². The number of aromatic amines is 1. The molecule has 0 atom stereocenters. The van der Waals surface area contributed by atoms with E-state index in [1.165, 1.54) is 0 Å². The van der Waals surface area contributed by atoms with Crippen LogP contribution in [0.3, 0.4) is 0 Å². The molecule has 90 valence electrons. The molecular weight excluding hydrogens is 230 g/mol. The highest BCUT2D eigenvalue weighted by molar-refractivity contribution is 5.82. The first kappa shape index (κ1) is 10.6. The SMILES string of the molecule is Cc1cccc(-c2nc3oc(=O)[nH]c3cc2N)c1. The Hall–Kier alpha value is -2.56. The molecule has 0 aliphatic heterocycles. The molecule has 5 heteroatoms. The maximum atomic E-state index is 11.1. The Labute approximate surface area is 102 Å². The number of aromatic nitrogens is 2. The Kier molecular flexibility index (Phi) is 2.19. The van der Waals surface area contributed by atoms with Crippen LogP contribution in [-0.4, -0.2) is 9.97 Å². The average molecular weight is 241 g/mol. The summed E-state index contributed by atoms with van der Waals surface area (Å²) in [7, 11) is 0. The van der Waals surface area contributed by atoms with Gasteiger partial charge in [-0.15, -0.1) is 0 Å². The van der Waals surface area contributed by atoms with Gasteiger partial charge in [0.05, 0.1) is 11.4 Å². The lowest BCUT2D eigenvalue weighted by atomic mass is 10.1. The van der Waals surface area contributed by atoms with E-state index in [1.807, 2.05) is 31.2 Å². The Morgan fingerprint density at radius 1 is 1.33 bits per heavy atom. The van der Waals surface area contributed by atoms with Gasteiger partial charge in [-0.1, -0.05) is 23.8 Å². The first-order chi connectivity index (χ1) is 8.63. The molecule has 0 radical (unpaired) electrons. The van der Waals surface area contributed by atoms with Gasteiger partial charge in [-0.25, -0.2) is 9.78 Å². The summed E-state index contributed by atoms with van der Waals surface area (Å²) in [4.78, 5) is 17.9. The Bertz CT molecular complexity index is 786. The fourth-order valence-electron chi connectivity index (χ4n) is 1.93. The molecule has 3 rings (SSSR count). The third-order valence-electron chi connectivity index (χ3n) is 2.73. The maximum absolute atomic E-state index is 11.1. The van der Waals surface area contributed by atoms with Crippen LogP contribution >= 0.6 is 0 Å². The Morgan fingerprint density at radius 2 is 2.17 bits per heavy atom. The molecule has 18 heavy (non-hydrogen) atoms. The number of nitrogen functional groups attached to an aromatic ring is 1. The van der Waals surface area contributed by atoms with E-state index in [2.05, 4.69) is 9.97 Å². The number of H-pyrrole nitrogens is 1. The molecule has 0 unspecified atom stereocenters. The van der Waals surface area contributed by atoms with Gasteiger partial charge < -0.3 is 10.2 Å². The van der Waals surface area contributed by atoms with Gasteiger partial charge in [0.2, 0.25) is 5.71 Å². The number of hydrogen-bond acceptors (Lipinski definition) is 4. The van der Waals surface area contributed by atoms with E-state index in [4.69, 9.17) is 10.2 Å². The second-order valence-electron chi connectivity index (χ2n) is 4.16. The van der Waals surface area contributed by atoms with Crippen molar-refractivity contribution in [1.82, 2.24) is 9.97 Å². The second-order valence-corrected chi connectivity index (χ2v) is 4.16. The first-order valence-electron chi connectivity index (χ1n) is 5.50. The molecule has 3 N–H and O–H groups in total. The Balaban J connectivity index is 2.28. The van der Waals surface area contributed by atoms with Gasteiger partial charge in [0.15, 0.2) is 0 Å². The molecule has 5 nitrogen and oxygen atoms in total. The number of nitrogens with one attached hydrogen (secondary N) is 1. The van der Waals surface area contributed by atoms with Crippen LogP contribution in [0.25, 0.3) is 22.5 Å². The molecule has 0 bridgehead atoms. The number of pyridine rings is 1. The molecule has 0 fully saturated rings. The van der Waals surface area contributed by atoms with Crippen molar-refractivity contribution in [3.63, 3.8) is 0 Å². The molecule has 2 heterocycles. The lowest BCUT2D eigenvalue weighted by Gasteiger charge is -2.05. The van der Waals surface area contributed by atoms with E-state index < -0.39 is 5.76 Å². The zero-order valence-electron chi connectivity index (χ0n) is 9.73. The molecule has 0 aliphatic rings. The van der Waals surface area contributed by atoms with Gasteiger partial charge in [0, 0.05) is 5.56 Å². The summed E-state index contributed by atoms with van der Waals surface area (Å²) in [5, 5.41) is 0. The van der Waals surface area contributed by atoms with Crippen molar-refractivity contribution in [3.05, 3.63) is 46.4 Å². The molecule has 0 spiro atoms. The summed E-state index contributed by atoms with van der Waals surface area (Å²) in [6.45, 7) is 1.99. The van der Waals surface area contributed by atoms with Crippen LogP contribution in [0.4, 0.5) is 5.69 Å². The highest BCUT2D eigenvalue weighted by Crippen LogP contribution is 2.26. The molecule has 3 aromatic rings. The van der Waals surface area contributed by atoms with E-state index in [9.17, 15) is 4.79 Å². The quantitative estimate of drug-likeness (QED) is 0.683. The van der Waals surface area contributed by atoms with Gasteiger partial charge in [0.25, 0.3) is 0 Å². The standard InChI is InChI=1S/C13H11N3O2/c1-7-3-2-4-8(5-7)11-9(14)6-10-12(16-11)18-13(17)15-10/h2-6H,14H2,1H3,(H,15,17). The van der Waals surface area contributed by atoms with E-state index in [0.717, 1.165) is 11.1 Å². The van der Waals surface area contributed by atoms with Crippen molar-refractivity contribution in [3.8, 4) is 11.3 Å². The van der Waals surface area contributed by atoms with Crippen LogP contribution in [0.15, 0.2) is 39.5 Å². The lowest BCUT2D eigenvalue weighted by Crippen LogP contribution is -1.94. The predicted molar refractivity (Wildman–Crippen MR) is 69.2 cm³/mol. The monoisotopic (exact) mass is 241 g/mol. The number of nitrogens with two attached hydrogens (primary N) is 1. The van der Waals surface area contributed by atoms with Gasteiger partial charge in [-0.05, 0) is 19.1 Å². The Morgan fingerprint density at radius 3 is 2.94 bits per heavy atom. The highest BCUT2D eigenvalue weighted by atomic mass is 16.4. The summed E-state index contributed by atoms with van der Waals surface area (Å²) in [5.74, 6) is -0.529. The van der Waals surface area contributed by atoms with Crippen LogP contribution in [0.5, 0.6) is 0 Å². The molecule has 0 aliphatic carbocycles. The van der Waals surface area contributed by atoms with Crippen molar-refractivity contribution >= 4 is 16.9 Å². The summed E-state index contributed by atoms with van der Waals surface area (Å²) in [6.07, 6.45) is 0. The smallest absolute Gasteiger partial charge is 0.397 e. The first-order valence-corrected chi connectivity index (χ1v) is 5.50. The average Bonchev–Trinajstić information content (AvgIpc) is 2.67. The third kappa shape index (κ3) is 1.66. The summed E-state index contributed by atoms with van der Waals surface area (Å²) < 4.78 is 4.94. The van der Waals surface area contributed by atoms with Crippen molar-refractivity contribution < 1.29 is 4.42 Å². The van der Waals surface area contributed by atoms with Crippen LogP contribution < -0.4 is 11.5 Å². The number of hydrogen-bond donors (Lipinski definition) is 2. The molecule has 0 saturated heterocycles. The topological polar surface area (TPSA) is 84.9 Å². The number of benzene rings is 1. The van der Waals surface area contributed by atoms with Gasteiger partial charge in [0.1, 0.15) is 5.52 Å². The number of aryl methyl sites for hydroxylation is 1. The number of fused-ring (bicyclic) bond motifs is 1. The second kappa shape index (κ2) is 3.73. The molecule has 0 amide bonds. The molecule has 1 aromatic carbocycles. The number of rotatable bonds is 1. The van der Waals surface area contributed by atoms with Crippen LogP contribution in [-0.2, 0) is 0 Å². The van der Waals surface area contributed by atoms with Crippen molar-refractivity contribution in [2.24, 2.45) is 0 Å². The van der Waals surface area contributed by atoms with E-state index in [0.29, 0.717) is 16.9 Å². The minimum Gasteiger partial charge on any atom is -0.397 e. The predicted octanol–water partition coefficient (Wildman–Crippen LogP) is 2.07. The largest absolute Gasteiger partial charge is 0.418 e. The maximum Gasteiger partial charge on any atom is 0.418 e. The van der Waals surface area contributed by atoms with Crippen LogP contribution in [0.1, 0.15) is 5.56 Å². The van der Waals surface area contributed by atoms with Gasteiger partial charge >= 0.3 is 5.76 Å². The fraction of sp³-hybridized carbons (Fsp3) is 0.0769.